The summed E-state index contributed by atoms with van der Waals surface area (Å²) in [7, 11) is 2.22. The number of unbranched alkanes of at least 4 members (excludes halogenated alkanes) is 2. The molecule has 104 valence electrons. The summed E-state index contributed by atoms with van der Waals surface area (Å²) in [5.74, 6) is 0. The molecule has 1 fully saturated rings. The van der Waals surface area contributed by atoms with E-state index in [1.165, 1.54) is 38.6 Å². The lowest BCUT2D eigenvalue weighted by molar-refractivity contribution is -0.149. The van der Waals surface area contributed by atoms with E-state index in [1.807, 2.05) is 0 Å². The molecule has 0 aromatic heterocycles. The highest BCUT2D eigenvalue weighted by Crippen LogP contribution is 2.38. The summed E-state index contributed by atoms with van der Waals surface area (Å²) >= 11 is 0. The number of piperidine rings is 1. The fraction of sp³-hybridized carbons (Fsp3) is 1.00. The predicted octanol–water partition coefficient (Wildman–Crippen LogP) is 4.09. The van der Waals surface area contributed by atoms with Gasteiger partial charge in [0.1, 0.15) is 0 Å². The molecule has 1 saturated heterocycles. The number of likely N-dealkylation sites (tertiary alicyclic amines) is 1. The minimum absolute atomic E-state index is 0. The van der Waals surface area contributed by atoms with Crippen molar-refractivity contribution < 1.29 is 4.74 Å². The van der Waals surface area contributed by atoms with Gasteiger partial charge in [-0.3, -0.25) is 4.90 Å². The molecule has 1 heterocycles. The van der Waals surface area contributed by atoms with Gasteiger partial charge in [-0.05, 0) is 53.6 Å². The standard InChI is InChI=1S/C14H29NO.CH4/c1-6-7-8-12-16-14(4)10-9-11-15(5)13(14,2)3;/h6-12H2,1-5H3;1H4. The third-order valence-corrected chi connectivity index (χ3v) is 4.56. The summed E-state index contributed by atoms with van der Waals surface area (Å²) in [4.78, 5) is 2.44. The van der Waals surface area contributed by atoms with Gasteiger partial charge in [0.25, 0.3) is 0 Å². The van der Waals surface area contributed by atoms with Crippen molar-refractivity contribution in [1.29, 1.82) is 0 Å². The Balaban J connectivity index is 0.00000256. The van der Waals surface area contributed by atoms with Crippen LogP contribution in [0.1, 0.15) is 67.2 Å². The molecule has 2 heteroatoms. The second-order valence-corrected chi connectivity index (χ2v) is 5.87. The van der Waals surface area contributed by atoms with Crippen molar-refractivity contribution in [2.45, 2.75) is 78.4 Å². The van der Waals surface area contributed by atoms with Crippen LogP contribution in [0, 0.1) is 0 Å². The molecule has 0 spiro atoms. The molecular formula is C15H33NO. The van der Waals surface area contributed by atoms with Crippen molar-refractivity contribution >= 4 is 0 Å². The zero-order valence-corrected chi connectivity index (χ0v) is 11.8. The molecule has 1 atom stereocenters. The molecule has 0 N–H and O–H groups in total. The van der Waals surface area contributed by atoms with E-state index in [1.54, 1.807) is 0 Å². The average Bonchev–Trinajstić information content (AvgIpc) is 2.22. The molecule has 2 nitrogen and oxygen atoms in total. The van der Waals surface area contributed by atoms with Crippen LogP contribution in [0.25, 0.3) is 0 Å². The Morgan fingerprint density at radius 1 is 1.18 bits per heavy atom. The number of hydrogen-bond donors (Lipinski definition) is 0. The normalized spacial score (nSPS) is 28.8. The molecule has 0 bridgehead atoms. The molecule has 17 heavy (non-hydrogen) atoms. The van der Waals surface area contributed by atoms with Crippen LogP contribution in [0.15, 0.2) is 0 Å². The average molecular weight is 243 g/mol. The van der Waals surface area contributed by atoms with Crippen LogP contribution in [0.2, 0.25) is 0 Å². The molecule has 0 radical (unpaired) electrons. The number of ether oxygens (including phenoxy) is 1. The number of rotatable bonds is 5. The van der Waals surface area contributed by atoms with E-state index in [-0.39, 0.29) is 18.6 Å². The largest absolute Gasteiger partial charge is 0.373 e. The van der Waals surface area contributed by atoms with Gasteiger partial charge in [0.2, 0.25) is 0 Å². The lowest BCUT2D eigenvalue weighted by atomic mass is 9.76. The first-order valence-electron chi connectivity index (χ1n) is 6.79. The first-order valence-corrected chi connectivity index (χ1v) is 6.79. The maximum atomic E-state index is 6.22. The number of hydrogen-bond acceptors (Lipinski definition) is 2. The van der Waals surface area contributed by atoms with Crippen LogP contribution < -0.4 is 0 Å². The first-order chi connectivity index (χ1) is 7.44. The highest BCUT2D eigenvalue weighted by molar-refractivity contribution is 5.02. The molecule has 1 aliphatic heterocycles. The Hall–Kier alpha value is -0.0800. The Morgan fingerprint density at radius 2 is 1.82 bits per heavy atom. The third-order valence-electron chi connectivity index (χ3n) is 4.56. The topological polar surface area (TPSA) is 12.5 Å². The molecule has 0 saturated carbocycles. The molecular weight excluding hydrogens is 210 g/mol. The van der Waals surface area contributed by atoms with E-state index >= 15 is 0 Å². The van der Waals surface area contributed by atoms with E-state index in [4.69, 9.17) is 4.74 Å². The summed E-state index contributed by atoms with van der Waals surface area (Å²) in [5, 5.41) is 0. The quantitative estimate of drug-likeness (QED) is 0.674. The molecule has 1 rings (SSSR count). The summed E-state index contributed by atoms with van der Waals surface area (Å²) in [5.41, 5.74) is 0.172. The second-order valence-electron chi connectivity index (χ2n) is 5.87. The van der Waals surface area contributed by atoms with Gasteiger partial charge in [-0.15, -0.1) is 0 Å². The van der Waals surface area contributed by atoms with Gasteiger partial charge in [0.05, 0.1) is 5.60 Å². The lowest BCUT2D eigenvalue weighted by Crippen LogP contribution is -2.62. The van der Waals surface area contributed by atoms with Crippen LogP contribution in [0.3, 0.4) is 0 Å². The second kappa shape index (κ2) is 6.75. The van der Waals surface area contributed by atoms with Gasteiger partial charge in [-0.2, -0.15) is 0 Å². The Kier molecular flexibility index (Phi) is 6.71. The summed E-state index contributed by atoms with van der Waals surface area (Å²) in [6.07, 6.45) is 6.20. The Labute approximate surface area is 109 Å². The molecule has 1 unspecified atom stereocenters. The smallest absolute Gasteiger partial charge is 0.0832 e. The van der Waals surface area contributed by atoms with Crippen LogP contribution in [-0.4, -0.2) is 36.2 Å². The molecule has 0 aliphatic carbocycles. The highest BCUT2D eigenvalue weighted by atomic mass is 16.5. The SMILES string of the molecule is C.CCCCCOC1(C)CCCN(C)C1(C)C. The van der Waals surface area contributed by atoms with Crippen LogP contribution in [0.4, 0.5) is 0 Å². The van der Waals surface area contributed by atoms with Crippen molar-refractivity contribution in [1.82, 2.24) is 4.90 Å². The van der Waals surface area contributed by atoms with Gasteiger partial charge in [-0.25, -0.2) is 0 Å². The zero-order valence-electron chi connectivity index (χ0n) is 11.8. The fourth-order valence-electron chi connectivity index (χ4n) is 2.54. The Morgan fingerprint density at radius 3 is 2.41 bits per heavy atom. The maximum absolute atomic E-state index is 6.22. The van der Waals surface area contributed by atoms with Crippen molar-refractivity contribution in [2.75, 3.05) is 20.2 Å². The van der Waals surface area contributed by atoms with E-state index in [9.17, 15) is 0 Å². The van der Waals surface area contributed by atoms with Gasteiger partial charge >= 0.3 is 0 Å². The first kappa shape index (κ1) is 16.9. The zero-order chi connectivity index (χ0) is 12.2. The Bertz CT molecular complexity index is 215. The van der Waals surface area contributed by atoms with Crippen molar-refractivity contribution in [3.05, 3.63) is 0 Å². The van der Waals surface area contributed by atoms with Crippen molar-refractivity contribution in [2.24, 2.45) is 0 Å². The number of likely N-dealkylation sites (N-methyl/N-ethyl adjacent to an activating group) is 1. The van der Waals surface area contributed by atoms with Crippen LogP contribution >= 0.6 is 0 Å². The maximum Gasteiger partial charge on any atom is 0.0832 e. The van der Waals surface area contributed by atoms with E-state index in [0.29, 0.717) is 0 Å². The highest BCUT2D eigenvalue weighted by Gasteiger charge is 2.46. The third kappa shape index (κ3) is 3.69. The van der Waals surface area contributed by atoms with E-state index in [2.05, 4.69) is 39.6 Å². The molecule has 0 aromatic carbocycles. The van der Waals surface area contributed by atoms with E-state index in [0.717, 1.165) is 6.61 Å². The van der Waals surface area contributed by atoms with Gasteiger partial charge in [-0.1, -0.05) is 27.2 Å². The van der Waals surface area contributed by atoms with Crippen molar-refractivity contribution in [3.63, 3.8) is 0 Å². The molecule has 1 aliphatic rings. The summed E-state index contributed by atoms with van der Waals surface area (Å²) in [6.45, 7) is 11.3. The summed E-state index contributed by atoms with van der Waals surface area (Å²) in [6, 6.07) is 0. The molecule has 0 amide bonds. The van der Waals surface area contributed by atoms with Crippen LogP contribution in [-0.2, 0) is 4.74 Å². The van der Waals surface area contributed by atoms with Gasteiger partial charge < -0.3 is 4.74 Å². The van der Waals surface area contributed by atoms with Gasteiger partial charge in [0, 0.05) is 12.1 Å². The lowest BCUT2D eigenvalue weighted by Gasteiger charge is -2.53. The monoisotopic (exact) mass is 243 g/mol. The predicted molar refractivity (Wildman–Crippen MR) is 76.6 cm³/mol. The fourth-order valence-corrected chi connectivity index (χ4v) is 2.54. The van der Waals surface area contributed by atoms with E-state index < -0.39 is 0 Å². The minimum Gasteiger partial charge on any atom is -0.373 e. The van der Waals surface area contributed by atoms with Crippen molar-refractivity contribution in [3.8, 4) is 0 Å². The minimum atomic E-state index is 0. The molecule has 0 aromatic rings. The van der Waals surface area contributed by atoms with Crippen LogP contribution in [0.5, 0.6) is 0 Å². The summed E-state index contributed by atoms with van der Waals surface area (Å²) < 4.78 is 6.22. The van der Waals surface area contributed by atoms with Gasteiger partial charge in [0.15, 0.2) is 0 Å². The number of nitrogens with zero attached hydrogens (tertiary/aromatic N) is 1.